The molecule has 2 amide bonds. The molecule has 2 fully saturated rings. The van der Waals surface area contributed by atoms with Crippen molar-refractivity contribution >= 4 is 45.3 Å². The molecule has 1 aliphatic heterocycles. The van der Waals surface area contributed by atoms with Gasteiger partial charge in [0.15, 0.2) is 28.8 Å². The number of benzene rings is 3. The number of nitrogens with one attached hydrogen (secondary N) is 2. The van der Waals surface area contributed by atoms with Crippen molar-refractivity contribution in [1.29, 1.82) is 0 Å². The number of rotatable bonds is 30. The average Bonchev–Trinajstić information content (AvgIpc) is 4.12. The minimum atomic E-state index is -3.92. The predicted octanol–water partition coefficient (Wildman–Crippen LogP) is 6.20. The van der Waals surface area contributed by atoms with Crippen molar-refractivity contribution < 1.29 is 60.4 Å². The maximum absolute atomic E-state index is 14.7. The van der Waals surface area contributed by atoms with E-state index in [-0.39, 0.29) is 85.1 Å². The van der Waals surface area contributed by atoms with Gasteiger partial charge in [-0.2, -0.15) is 0 Å². The summed E-state index contributed by atoms with van der Waals surface area (Å²) < 4.78 is 45.2. The lowest BCUT2D eigenvalue weighted by molar-refractivity contribution is -0.940. The molecule has 1 aliphatic carbocycles. The maximum atomic E-state index is 14.7. The van der Waals surface area contributed by atoms with Crippen molar-refractivity contribution in [3.05, 3.63) is 107 Å². The number of ether oxygens (including phenoxy) is 3. The van der Waals surface area contributed by atoms with Crippen LogP contribution in [-0.4, -0.2) is 122 Å². The number of amides is 2. The van der Waals surface area contributed by atoms with E-state index in [1.54, 1.807) is 33.0 Å². The normalized spacial score (nSPS) is 16.4. The number of quaternary nitrogens is 1. The number of hydrazine groups is 1. The minimum Gasteiger partial charge on any atom is -0.748 e. The fraction of sp³-hybridized carbons (Fsp3) is 0.559. The van der Waals surface area contributed by atoms with Crippen LogP contribution in [0, 0.1) is 35.0 Å². The van der Waals surface area contributed by atoms with Crippen LogP contribution in [0.3, 0.4) is 0 Å². The second kappa shape index (κ2) is 30.4. The largest absolute Gasteiger partial charge is 0.748 e. The Morgan fingerprint density at radius 1 is 0.795 bits per heavy atom. The molecule has 5 rings (SSSR count). The standard InChI is InChI=1S/C58H82N6O9.CH4O3S/c1-39(2)29-49(51(66)34-46(31-43-17-13-10-14-18-43)56(69)62-50(30-40(3)4)54(67)58(7)23-24-58)61-55(68)45(21-19-42-15-11-9-12-16-42)33-48(65)37-64(25-27-71-28-26-64)36-44-20-22-52(73-57(70)41(5)6)53(32-44)72-38-47(59)35-63(8)60;1-5(2,3)4/h9-18,20,22,32,35,39-41,45-46,49-50H,19,21,23-31,33-34,36-38,59-60H2,1-8H3,(H-,61,62,68,69);1H3,(H,2,3,4)/b47-35-;/t45-,46-,49+,50+;/m1./s1. The van der Waals surface area contributed by atoms with Gasteiger partial charge in [0.2, 0.25) is 11.8 Å². The number of esters is 1. The molecule has 2 aliphatic rings. The number of nitrogens with two attached hydrogens (primary N) is 2. The first kappa shape index (κ1) is 64.5. The summed E-state index contributed by atoms with van der Waals surface area (Å²) >= 11 is 0. The second-order valence-corrected chi connectivity index (χ2v) is 24.2. The fourth-order valence-corrected chi connectivity index (χ4v) is 9.47. The minimum absolute atomic E-state index is 0.0155. The van der Waals surface area contributed by atoms with E-state index in [0.717, 1.165) is 29.5 Å². The van der Waals surface area contributed by atoms with Gasteiger partial charge in [0.25, 0.3) is 0 Å². The maximum Gasteiger partial charge on any atom is 0.313 e. The lowest BCUT2D eigenvalue weighted by Gasteiger charge is -2.41. The summed E-state index contributed by atoms with van der Waals surface area (Å²) in [6, 6.07) is 23.1. The van der Waals surface area contributed by atoms with Gasteiger partial charge in [-0.15, -0.1) is 0 Å². The van der Waals surface area contributed by atoms with Gasteiger partial charge in [-0.1, -0.05) is 109 Å². The summed E-state index contributed by atoms with van der Waals surface area (Å²) in [4.78, 5) is 84.7. The van der Waals surface area contributed by atoms with Gasteiger partial charge < -0.3 is 44.6 Å². The molecule has 78 heavy (non-hydrogen) atoms. The molecular weight excluding hydrogens is 1020 g/mol. The zero-order valence-electron chi connectivity index (χ0n) is 47.3. The monoisotopic (exact) mass is 1100 g/mol. The number of ketones is 3. The molecule has 0 radical (unpaired) electrons. The van der Waals surface area contributed by atoms with Gasteiger partial charge in [-0.05, 0) is 86.1 Å². The molecule has 18 nitrogen and oxygen atoms in total. The van der Waals surface area contributed by atoms with E-state index in [1.807, 2.05) is 101 Å². The second-order valence-electron chi connectivity index (χ2n) is 22.8. The molecule has 0 aromatic heterocycles. The number of carbonyl (C=O) groups is 6. The van der Waals surface area contributed by atoms with E-state index < -0.39 is 45.4 Å². The fourth-order valence-electron chi connectivity index (χ4n) is 9.47. The molecule has 4 atom stereocenters. The summed E-state index contributed by atoms with van der Waals surface area (Å²) in [6.45, 7) is 15.9. The number of hydrogen-bond acceptors (Lipinski definition) is 15. The number of nitrogens with zero attached hydrogens (tertiary/aromatic N) is 2. The highest BCUT2D eigenvalue weighted by Gasteiger charge is 2.48. The van der Waals surface area contributed by atoms with E-state index in [4.69, 9.17) is 38.8 Å². The highest BCUT2D eigenvalue weighted by Crippen LogP contribution is 2.47. The average molecular weight is 1100 g/mol. The number of carbonyl (C=O) groups excluding carboxylic acids is 6. The Labute approximate surface area is 462 Å². The molecule has 430 valence electrons. The van der Waals surface area contributed by atoms with Gasteiger partial charge in [0, 0.05) is 55.2 Å². The van der Waals surface area contributed by atoms with Crippen LogP contribution in [0.5, 0.6) is 11.5 Å². The Hall–Kier alpha value is -5.99. The highest BCUT2D eigenvalue weighted by molar-refractivity contribution is 7.84. The summed E-state index contributed by atoms with van der Waals surface area (Å²) in [7, 11) is -2.28. The van der Waals surface area contributed by atoms with Gasteiger partial charge in [0.1, 0.15) is 32.8 Å². The van der Waals surface area contributed by atoms with Crippen LogP contribution in [0.4, 0.5) is 0 Å². The number of aryl methyl sites for hydroxylation is 1. The highest BCUT2D eigenvalue weighted by atomic mass is 32.2. The molecule has 6 N–H and O–H groups in total. The van der Waals surface area contributed by atoms with Crippen molar-refractivity contribution in [1.82, 2.24) is 15.6 Å². The van der Waals surface area contributed by atoms with Gasteiger partial charge in [-0.3, -0.25) is 28.8 Å². The number of morpholine rings is 1. The Bertz CT molecular complexity index is 2590. The molecule has 0 bridgehead atoms. The molecule has 0 unspecified atom stereocenters. The van der Waals surface area contributed by atoms with Crippen molar-refractivity contribution in [2.24, 2.45) is 46.6 Å². The van der Waals surface area contributed by atoms with Crippen LogP contribution in [0.15, 0.2) is 90.8 Å². The van der Waals surface area contributed by atoms with Crippen molar-refractivity contribution in [2.45, 2.75) is 125 Å². The molecule has 3 aromatic carbocycles. The van der Waals surface area contributed by atoms with Crippen LogP contribution in [0.1, 0.15) is 110 Å². The van der Waals surface area contributed by atoms with Crippen molar-refractivity contribution in [3.8, 4) is 11.5 Å². The van der Waals surface area contributed by atoms with Crippen molar-refractivity contribution in [3.63, 3.8) is 0 Å². The van der Waals surface area contributed by atoms with E-state index in [2.05, 4.69) is 10.6 Å². The van der Waals surface area contributed by atoms with E-state index in [1.165, 1.54) is 11.2 Å². The van der Waals surface area contributed by atoms with Crippen LogP contribution < -0.4 is 31.7 Å². The SMILES string of the molecule is CC(C)C[C@H](NC(=O)[C@H](CCc1ccccc1)CC(=O)C[N+]1(Cc2ccc(OC(=O)C(C)C)c(OC/C(N)=C/N(C)N)c2)CCOCC1)C(=O)C[C@@H](Cc1ccccc1)C(=O)N[C@@H](CC(C)C)C(=O)C1(C)CC1.CS(=O)(=O)[O-]. The Balaban J connectivity index is 0.00000250. The summed E-state index contributed by atoms with van der Waals surface area (Å²) in [5.41, 5.74) is 8.79. The molecule has 1 heterocycles. The van der Waals surface area contributed by atoms with E-state index in [0.29, 0.717) is 80.7 Å². The lowest BCUT2D eigenvalue weighted by atomic mass is 9.87. The van der Waals surface area contributed by atoms with Gasteiger partial charge in [-0.25, -0.2) is 14.3 Å². The first-order valence-corrected chi connectivity index (χ1v) is 29.0. The summed E-state index contributed by atoms with van der Waals surface area (Å²) in [5, 5.41) is 7.50. The molecule has 1 saturated carbocycles. The van der Waals surface area contributed by atoms with Gasteiger partial charge in [0.05, 0.1) is 47.0 Å². The Morgan fingerprint density at radius 3 is 1.90 bits per heavy atom. The Kier molecular flexibility index (Phi) is 25.1. The van der Waals surface area contributed by atoms with Crippen LogP contribution in [-0.2, 0) is 63.0 Å². The topological polar surface area (TPSA) is 267 Å². The lowest BCUT2D eigenvalue weighted by Crippen LogP contribution is -2.57. The summed E-state index contributed by atoms with van der Waals surface area (Å²) in [5.74, 6) is 3.05. The predicted molar refractivity (Wildman–Crippen MR) is 298 cm³/mol. The third-order valence-corrected chi connectivity index (χ3v) is 13.9. The quantitative estimate of drug-likeness (QED) is 0.0145. The third-order valence-electron chi connectivity index (χ3n) is 13.9. The van der Waals surface area contributed by atoms with E-state index >= 15 is 0 Å². The molecule has 0 spiro atoms. The van der Waals surface area contributed by atoms with E-state index in [9.17, 15) is 28.8 Å². The first-order chi connectivity index (χ1) is 36.6. The van der Waals surface area contributed by atoms with Crippen LogP contribution in [0.2, 0.25) is 0 Å². The number of hydrogen-bond donors (Lipinski definition) is 4. The Morgan fingerprint density at radius 2 is 1.35 bits per heavy atom. The third kappa shape index (κ3) is 23.1. The van der Waals surface area contributed by atoms with Crippen molar-refractivity contribution in [2.75, 3.05) is 52.8 Å². The summed E-state index contributed by atoms with van der Waals surface area (Å²) in [6.07, 6.45) is 5.54. The zero-order chi connectivity index (χ0) is 57.8. The van der Waals surface area contributed by atoms with Crippen LogP contribution >= 0.6 is 0 Å². The molecular formula is C59H86N6O12S. The molecule has 1 saturated heterocycles. The zero-order valence-corrected chi connectivity index (χ0v) is 48.1. The molecule has 19 heteroatoms. The number of Topliss-reactive ketones (excluding diaryl/α,β-unsaturated/α-hetero) is 3. The first-order valence-electron chi connectivity index (χ1n) is 27.2. The van der Waals surface area contributed by atoms with Crippen LogP contribution in [0.25, 0.3) is 0 Å². The van der Waals surface area contributed by atoms with Gasteiger partial charge >= 0.3 is 5.97 Å². The smallest absolute Gasteiger partial charge is 0.313 e. The molecule has 3 aromatic rings.